The molecule has 0 N–H and O–H groups in total. The summed E-state index contributed by atoms with van der Waals surface area (Å²) in [5, 5.41) is 0. The molecule has 0 spiro atoms. The predicted octanol–water partition coefficient (Wildman–Crippen LogP) is 24.2. The third-order valence-electron chi connectivity index (χ3n) is 16.2. The van der Waals surface area contributed by atoms with Crippen LogP contribution in [0, 0.1) is 0 Å². The Bertz CT molecular complexity index is 1260. The molecule has 0 fully saturated rings. The van der Waals surface area contributed by atoms with Gasteiger partial charge in [-0.05, 0) is 70.6 Å². The average molecular weight is 1100 g/mol. The van der Waals surface area contributed by atoms with E-state index in [1.165, 1.54) is 295 Å². The zero-order valence-electron chi connectivity index (χ0n) is 53.0. The maximum atomic E-state index is 12.9. The molecule has 460 valence electrons. The Morgan fingerprint density at radius 3 is 0.654 bits per heavy atom. The summed E-state index contributed by atoms with van der Waals surface area (Å²) in [6.07, 6.45) is 82.1. The van der Waals surface area contributed by atoms with E-state index in [1.54, 1.807) is 0 Å². The number of allylic oxidation sites excluding steroid dienone is 4. The van der Waals surface area contributed by atoms with Gasteiger partial charge in [-0.1, -0.05) is 334 Å². The van der Waals surface area contributed by atoms with Crippen molar-refractivity contribution in [1.82, 2.24) is 0 Å². The fourth-order valence-electron chi connectivity index (χ4n) is 10.8. The summed E-state index contributed by atoms with van der Waals surface area (Å²) >= 11 is 0. The summed E-state index contributed by atoms with van der Waals surface area (Å²) in [5.41, 5.74) is 0. The van der Waals surface area contributed by atoms with E-state index in [4.69, 9.17) is 14.2 Å². The molecular weight excluding hydrogens is 961 g/mol. The number of hydrogen-bond donors (Lipinski definition) is 0. The minimum atomic E-state index is -0.771. The first kappa shape index (κ1) is 75.9. The summed E-state index contributed by atoms with van der Waals surface area (Å²) in [4.78, 5) is 38.4. The number of ether oxygens (including phenoxy) is 3. The molecule has 6 heteroatoms. The molecule has 0 bridgehead atoms. The fraction of sp³-hybridized carbons (Fsp3) is 0.903. The molecule has 0 radical (unpaired) electrons. The van der Waals surface area contributed by atoms with Gasteiger partial charge in [0.25, 0.3) is 0 Å². The van der Waals surface area contributed by atoms with Crippen molar-refractivity contribution in [2.45, 2.75) is 406 Å². The molecule has 0 aliphatic rings. The molecular formula is C72H136O6. The largest absolute Gasteiger partial charge is 0.462 e. The van der Waals surface area contributed by atoms with Gasteiger partial charge < -0.3 is 14.2 Å². The highest BCUT2D eigenvalue weighted by molar-refractivity contribution is 5.71. The molecule has 0 aliphatic heterocycles. The molecule has 0 saturated carbocycles. The molecule has 0 aromatic heterocycles. The molecule has 0 aromatic carbocycles. The lowest BCUT2D eigenvalue weighted by Gasteiger charge is -2.18. The monoisotopic (exact) mass is 1100 g/mol. The molecule has 0 saturated heterocycles. The second-order valence-corrected chi connectivity index (χ2v) is 24.1. The number of esters is 3. The van der Waals surface area contributed by atoms with Gasteiger partial charge in [0.2, 0.25) is 0 Å². The average Bonchev–Trinajstić information content (AvgIpc) is 3.44. The van der Waals surface area contributed by atoms with E-state index in [0.717, 1.165) is 64.2 Å². The zero-order valence-corrected chi connectivity index (χ0v) is 53.0. The lowest BCUT2D eigenvalue weighted by molar-refractivity contribution is -0.167. The van der Waals surface area contributed by atoms with E-state index in [1.807, 2.05) is 0 Å². The summed E-state index contributed by atoms with van der Waals surface area (Å²) in [7, 11) is 0. The second kappa shape index (κ2) is 67.4. The standard InChI is InChI=1S/C72H136O6/c1-4-7-10-13-16-19-22-25-27-29-31-32-33-34-35-36-37-38-39-40-41-43-44-47-50-53-56-59-62-65-71(74)77-68-69(67-76-70(73)64-61-58-55-52-49-46-24-21-18-15-12-9-6-3)78-72(75)66-63-60-57-54-51-48-45-42-30-28-26-23-20-17-14-11-8-5-2/h21,24,29,31,69H,4-20,22-23,25-28,30,32-68H2,1-3H3/b24-21-,31-29-. The van der Waals surface area contributed by atoms with Crippen molar-refractivity contribution in [2.24, 2.45) is 0 Å². The first-order valence-electron chi connectivity index (χ1n) is 35.3. The SMILES string of the molecule is CCCCCC/C=C\CCCCCCCC(=O)OCC(COC(=O)CCCCCCCCCCCCCCCCCCC/C=C\CCCCCCCCCC)OC(=O)CCCCCCCCCCCCCCCCCCCC. The summed E-state index contributed by atoms with van der Waals surface area (Å²) in [6.45, 7) is 6.70. The number of unbranched alkanes of at least 4 members (excludes halogenated alkanes) is 51. The van der Waals surface area contributed by atoms with Gasteiger partial charge in [-0.25, -0.2) is 0 Å². The van der Waals surface area contributed by atoms with Crippen molar-refractivity contribution in [3.05, 3.63) is 24.3 Å². The van der Waals surface area contributed by atoms with E-state index in [-0.39, 0.29) is 31.1 Å². The molecule has 1 atom stereocenters. The van der Waals surface area contributed by atoms with E-state index >= 15 is 0 Å². The minimum Gasteiger partial charge on any atom is -0.462 e. The minimum absolute atomic E-state index is 0.0676. The van der Waals surface area contributed by atoms with Gasteiger partial charge in [0.05, 0.1) is 0 Å². The first-order chi connectivity index (χ1) is 38.5. The van der Waals surface area contributed by atoms with Crippen LogP contribution in [0.5, 0.6) is 0 Å². The maximum Gasteiger partial charge on any atom is 0.306 e. The topological polar surface area (TPSA) is 78.9 Å². The van der Waals surface area contributed by atoms with Crippen molar-refractivity contribution in [1.29, 1.82) is 0 Å². The van der Waals surface area contributed by atoms with Crippen molar-refractivity contribution in [3.8, 4) is 0 Å². The van der Waals surface area contributed by atoms with Gasteiger partial charge in [0.15, 0.2) is 6.10 Å². The van der Waals surface area contributed by atoms with Crippen molar-refractivity contribution in [3.63, 3.8) is 0 Å². The van der Waals surface area contributed by atoms with Crippen LogP contribution < -0.4 is 0 Å². The van der Waals surface area contributed by atoms with E-state index < -0.39 is 6.10 Å². The van der Waals surface area contributed by atoms with Gasteiger partial charge in [0, 0.05) is 19.3 Å². The number of carbonyl (C=O) groups excluding carboxylic acids is 3. The van der Waals surface area contributed by atoms with Crippen molar-refractivity contribution >= 4 is 17.9 Å². The van der Waals surface area contributed by atoms with Crippen LogP contribution in [0.2, 0.25) is 0 Å². The highest BCUT2D eigenvalue weighted by atomic mass is 16.6. The lowest BCUT2D eigenvalue weighted by atomic mass is 10.0. The Kier molecular flexibility index (Phi) is 65.6. The van der Waals surface area contributed by atoms with Crippen LogP contribution in [0.3, 0.4) is 0 Å². The Morgan fingerprint density at radius 1 is 0.244 bits per heavy atom. The van der Waals surface area contributed by atoms with E-state index in [9.17, 15) is 14.4 Å². The quantitative estimate of drug-likeness (QED) is 0.0261. The molecule has 0 aromatic rings. The van der Waals surface area contributed by atoms with E-state index in [0.29, 0.717) is 19.3 Å². The first-order valence-corrected chi connectivity index (χ1v) is 35.3. The Hall–Kier alpha value is -2.11. The molecule has 78 heavy (non-hydrogen) atoms. The van der Waals surface area contributed by atoms with E-state index in [2.05, 4.69) is 45.1 Å². The van der Waals surface area contributed by atoms with Gasteiger partial charge in [-0.15, -0.1) is 0 Å². The Morgan fingerprint density at radius 2 is 0.423 bits per heavy atom. The fourth-order valence-corrected chi connectivity index (χ4v) is 10.8. The van der Waals surface area contributed by atoms with Gasteiger partial charge in [-0.2, -0.15) is 0 Å². The molecule has 0 heterocycles. The van der Waals surface area contributed by atoms with Crippen LogP contribution in [-0.2, 0) is 28.6 Å². The van der Waals surface area contributed by atoms with Crippen LogP contribution in [0.4, 0.5) is 0 Å². The van der Waals surface area contributed by atoms with Crippen molar-refractivity contribution < 1.29 is 28.6 Å². The van der Waals surface area contributed by atoms with Crippen LogP contribution in [0.25, 0.3) is 0 Å². The van der Waals surface area contributed by atoms with Crippen LogP contribution in [-0.4, -0.2) is 37.2 Å². The molecule has 0 aliphatic carbocycles. The third-order valence-corrected chi connectivity index (χ3v) is 16.2. The summed E-state index contributed by atoms with van der Waals surface area (Å²) in [6, 6.07) is 0. The Labute approximate surface area is 487 Å². The van der Waals surface area contributed by atoms with Gasteiger partial charge >= 0.3 is 17.9 Å². The van der Waals surface area contributed by atoms with Crippen LogP contribution >= 0.6 is 0 Å². The Balaban J connectivity index is 4.16. The molecule has 6 nitrogen and oxygen atoms in total. The molecule has 1 unspecified atom stereocenters. The lowest BCUT2D eigenvalue weighted by Crippen LogP contribution is -2.30. The number of rotatable bonds is 66. The van der Waals surface area contributed by atoms with Crippen molar-refractivity contribution in [2.75, 3.05) is 13.2 Å². The molecule has 0 amide bonds. The maximum absolute atomic E-state index is 12.9. The highest BCUT2D eigenvalue weighted by Crippen LogP contribution is 2.19. The van der Waals surface area contributed by atoms with Crippen LogP contribution in [0.1, 0.15) is 400 Å². The normalized spacial score (nSPS) is 12.1. The van der Waals surface area contributed by atoms with Gasteiger partial charge in [0.1, 0.15) is 13.2 Å². The van der Waals surface area contributed by atoms with Gasteiger partial charge in [-0.3, -0.25) is 14.4 Å². The second-order valence-electron chi connectivity index (χ2n) is 24.1. The number of carbonyl (C=O) groups is 3. The molecule has 0 rings (SSSR count). The highest BCUT2D eigenvalue weighted by Gasteiger charge is 2.19. The summed E-state index contributed by atoms with van der Waals surface area (Å²) < 4.78 is 17.0. The van der Waals surface area contributed by atoms with Crippen LogP contribution in [0.15, 0.2) is 24.3 Å². The zero-order chi connectivity index (χ0) is 56.4. The smallest absolute Gasteiger partial charge is 0.306 e. The predicted molar refractivity (Wildman–Crippen MR) is 340 cm³/mol. The third kappa shape index (κ3) is 64.7. The number of hydrogen-bond acceptors (Lipinski definition) is 6. The summed E-state index contributed by atoms with van der Waals surface area (Å²) in [5.74, 6) is -0.846.